The van der Waals surface area contributed by atoms with Gasteiger partial charge in [0.15, 0.2) is 0 Å². The van der Waals surface area contributed by atoms with Gasteiger partial charge in [-0.05, 0) is 19.4 Å². The lowest BCUT2D eigenvalue weighted by Crippen LogP contribution is -2.29. The van der Waals surface area contributed by atoms with E-state index in [0.29, 0.717) is 6.04 Å². The highest BCUT2D eigenvalue weighted by atomic mass is 19.1. The molecule has 0 saturated carbocycles. The first-order valence-electron chi connectivity index (χ1n) is 4.92. The molecular weight excluding hydrogens is 181 g/mol. The summed E-state index contributed by atoms with van der Waals surface area (Å²) >= 11 is 0. The largest absolute Gasteiger partial charge is 0.382 e. The van der Waals surface area contributed by atoms with Crippen LogP contribution in [0.1, 0.15) is 12.8 Å². The van der Waals surface area contributed by atoms with Crippen molar-refractivity contribution in [1.29, 1.82) is 0 Å². The van der Waals surface area contributed by atoms with Crippen molar-refractivity contribution in [3.05, 3.63) is 24.3 Å². The van der Waals surface area contributed by atoms with Crippen molar-refractivity contribution in [1.82, 2.24) is 10.3 Å². The van der Waals surface area contributed by atoms with E-state index in [1.54, 1.807) is 6.20 Å². The fraction of sp³-hybridized carbons (Fsp3) is 0.500. The highest BCUT2D eigenvalue weighted by Crippen LogP contribution is 2.09. The third-order valence-corrected chi connectivity index (χ3v) is 2.42. The monoisotopic (exact) mass is 195 g/mol. The van der Waals surface area contributed by atoms with E-state index in [0.717, 1.165) is 18.8 Å². The smallest absolute Gasteiger partial charge is 0.143 e. The van der Waals surface area contributed by atoms with Gasteiger partial charge >= 0.3 is 0 Å². The molecule has 1 aromatic rings. The zero-order chi connectivity index (χ0) is 9.80. The lowest BCUT2D eigenvalue weighted by Gasteiger charge is -2.11. The SMILES string of the molecule is Fc1cncc(NCC2CCCN2)c1. The molecule has 3 nitrogen and oxygen atoms in total. The minimum Gasteiger partial charge on any atom is -0.382 e. The van der Waals surface area contributed by atoms with Crippen LogP contribution in [0.25, 0.3) is 0 Å². The Kier molecular flexibility index (Phi) is 2.93. The molecule has 2 heterocycles. The van der Waals surface area contributed by atoms with E-state index in [2.05, 4.69) is 15.6 Å². The van der Waals surface area contributed by atoms with Gasteiger partial charge in [-0.25, -0.2) is 4.39 Å². The second-order valence-electron chi connectivity index (χ2n) is 3.57. The number of pyridine rings is 1. The van der Waals surface area contributed by atoms with E-state index in [-0.39, 0.29) is 5.82 Å². The molecule has 0 radical (unpaired) electrons. The third-order valence-electron chi connectivity index (χ3n) is 2.42. The summed E-state index contributed by atoms with van der Waals surface area (Å²) in [6.45, 7) is 1.93. The average Bonchev–Trinajstić information content (AvgIpc) is 2.67. The number of anilines is 1. The first kappa shape index (κ1) is 9.40. The van der Waals surface area contributed by atoms with Crippen LogP contribution in [0.3, 0.4) is 0 Å². The molecule has 76 valence electrons. The molecule has 0 bridgehead atoms. The normalized spacial score (nSPS) is 21.1. The van der Waals surface area contributed by atoms with Gasteiger partial charge in [-0.15, -0.1) is 0 Å². The summed E-state index contributed by atoms with van der Waals surface area (Å²) in [6, 6.07) is 1.97. The van der Waals surface area contributed by atoms with Crippen molar-refractivity contribution in [3.63, 3.8) is 0 Å². The number of rotatable bonds is 3. The summed E-state index contributed by atoms with van der Waals surface area (Å²) in [5, 5.41) is 6.53. The van der Waals surface area contributed by atoms with Crippen LogP contribution < -0.4 is 10.6 Å². The van der Waals surface area contributed by atoms with E-state index in [1.807, 2.05) is 0 Å². The van der Waals surface area contributed by atoms with Gasteiger partial charge in [0.2, 0.25) is 0 Å². The zero-order valence-corrected chi connectivity index (χ0v) is 7.96. The van der Waals surface area contributed by atoms with Crippen LogP contribution in [0.2, 0.25) is 0 Å². The fourth-order valence-corrected chi connectivity index (χ4v) is 1.68. The first-order chi connectivity index (χ1) is 6.84. The van der Waals surface area contributed by atoms with Gasteiger partial charge in [-0.2, -0.15) is 0 Å². The maximum absolute atomic E-state index is 12.7. The molecule has 1 fully saturated rings. The van der Waals surface area contributed by atoms with E-state index >= 15 is 0 Å². The Hall–Kier alpha value is -1.16. The molecule has 1 saturated heterocycles. The standard InChI is InChI=1S/C10H14FN3/c11-8-4-10(6-12-5-8)14-7-9-2-1-3-13-9/h4-6,9,13-14H,1-3,7H2. The number of nitrogens with one attached hydrogen (secondary N) is 2. The lowest BCUT2D eigenvalue weighted by atomic mass is 10.2. The van der Waals surface area contributed by atoms with Gasteiger partial charge < -0.3 is 10.6 Å². The Labute approximate surface area is 82.7 Å². The Morgan fingerprint density at radius 1 is 1.57 bits per heavy atom. The Bertz CT molecular complexity index is 297. The molecule has 4 heteroatoms. The quantitative estimate of drug-likeness (QED) is 0.765. The Morgan fingerprint density at radius 3 is 3.21 bits per heavy atom. The van der Waals surface area contributed by atoms with Crippen LogP contribution in [0.5, 0.6) is 0 Å². The van der Waals surface area contributed by atoms with Gasteiger partial charge in [0.1, 0.15) is 5.82 Å². The molecule has 14 heavy (non-hydrogen) atoms. The molecule has 0 spiro atoms. The first-order valence-corrected chi connectivity index (χ1v) is 4.92. The van der Waals surface area contributed by atoms with Crippen LogP contribution in [-0.4, -0.2) is 24.1 Å². The van der Waals surface area contributed by atoms with Crippen molar-refractivity contribution < 1.29 is 4.39 Å². The number of hydrogen-bond acceptors (Lipinski definition) is 3. The van der Waals surface area contributed by atoms with Crippen molar-refractivity contribution >= 4 is 5.69 Å². The van der Waals surface area contributed by atoms with Crippen molar-refractivity contribution in [2.75, 3.05) is 18.4 Å². The van der Waals surface area contributed by atoms with Crippen LogP contribution in [0, 0.1) is 5.82 Å². The molecule has 0 aliphatic carbocycles. The molecule has 1 aromatic heterocycles. The van der Waals surface area contributed by atoms with Crippen LogP contribution in [0.15, 0.2) is 18.5 Å². The second kappa shape index (κ2) is 4.37. The van der Waals surface area contributed by atoms with Gasteiger partial charge in [-0.3, -0.25) is 4.98 Å². The maximum Gasteiger partial charge on any atom is 0.143 e. The maximum atomic E-state index is 12.7. The van der Waals surface area contributed by atoms with Crippen LogP contribution in [0.4, 0.5) is 10.1 Å². The summed E-state index contributed by atoms with van der Waals surface area (Å²) in [4.78, 5) is 3.77. The summed E-state index contributed by atoms with van der Waals surface area (Å²) in [7, 11) is 0. The molecule has 0 amide bonds. The number of nitrogens with zero attached hydrogens (tertiary/aromatic N) is 1. The predicted octanol–water partition coefficient (Wildman–Crippen LogP) is 1.38. The highest BCUT2D eigenvalue weighted by molar-refractivity contribution is 5.40. The molecule has 0 aromatic carbocycles. The van der Waals surface area contributed by atoms with Gasteiger partial charge in [0.05, 0.1) is 18.1 Å². The topological polar surface area (TPSA) is 37.0 Å². The average molecular weight is 195 g/mol. The number of halogens is 1. The highest BCUT2D eigenvalue weighted by Gasteiger charge is 2.12. The second-order valence-corrected chi connectivity index (χ2v) is 3.57. The zero-order valence-electron chi connectivity index (χ0n) is 7.96. The summed E-state index contributed by atoms with van der Waals surface area (Å²) in [5.74, 6) is -0.297. The van der Waals surface area contributed by atoms with E-state index in [1.165, 1.54) is 25.1 Å². The molecule has 1 unspecified atom stereocenters. The predicted molar refractivity (Wildman–Crippen MR) is 53.7 cm³/mol. The third kappa shape index (κ3) is 2.42. The van der Waals surface area contributed by atoms with E-state index in [9.17, 15) is 4.39 Å². The number of aromatic nitrogens is 1. The van der Waals surface area contributed by atoms with Crippen molar-refractivity contribution in [2.45, 2.75) is 18.9 Å². The van der Waals surface area contributed by atoms with Crippen LogP contribution in [-0.2, 0) is 0 Å². The Morgan fingerprint density at radius 2 is 2.50 bits per heavy atom. The summed E-state index contributed by atoms with van der Waals surface area (Å²) < 4.78 is 12.7. The molecule has 2 N–H and O–H groups in total. The molecule has 1 aliphatic rings. The van der Waals surface area contributed by atoms with Gasteiger partial charge in [-0.1, -0.05) is 0 Å². The summed E-state index contributed by atoms with van der Waals surface area (Å²) in [6.07, 6.45) is 5.26. The van der Waals surface area contributed by atoms with Gasteiger partial charge in [0, 0.05) is 18.7 Å². The van der Waals surface area contributed by atoms with Crippen molar-refractivity contribution in [2.24, 2.45) is 0 Å². The molecule has 1 aliphatic heterocycles. The van der Waals surface area contributed by atoms with Gasteiger partial charge in [0.25, 0.3) is 0 Å². The van der Waals surface area contributed by atoms with E-state index in [4.69, 9.17) is 0 Å². The number of hydrogen-bond donors (Lipinski definition) is 2. The summed E-state index contributed by atoms with van der Waals surface area (Å²) in [5.41, 5.74) is 0.749. The molecular formula is C10H14FN3. The molecule has 2 rings (SSSR count). The minimum absolute atomic E-state index is 0.297. The molecule has 1 atom stereocenters. The minimum atomic E-state index is -0.297. The van der Waals surface area contributed by atoms with Crippen molar-refractivity contribution in [3.8, 4) is 0 Å². The Balaban J connectivity index is 1.85. The van der Waals surface area contributed by atoms with Crippen LogP contribution >= 0.6 is 0 Å². The van der Waals surface area contributed by atoms with E-state index < -0.39 is 0 Å². The lowest BCUT2D eigenvalue weighted by molar-refractivity contribution is 0.618. The fourth-order valence-electron chi connectivity index (χ4n) is 1.68.